The number of hydrogen-bond donors (Lipinski definition) is 0. The maximum Gasteiger partial charge on any atom is 0.163 e. The lowest BCUT2D eigenvalue weighted by atomic mass is 10.2. The van der Waals surface area contributed by atoms with Crippen molar-refractivity contribution in [3.05, 3.63) is 48.8 Å². The average molecular weight is 296 g/mol. The molecule has 0 aliphatic carbocycles. The summed E-state index contributed by atoms with van der Waals surface area (Å²) in [5.41, 5.74) is 1.94. The monoisotopic (exact) mass is 296 g/mol. The number of hydrogen-bond acceptors (Lipinski definition) is 4. The number of nitrogens with zero attached hydrogens (tertiary/aromatic N) is 2. The van der Waals surface area contributed by atoms with Crippen molar-refractivity contribution in [2.45, 2.75) is 6.54 Å². The maximum atomic E-state index is 5.74. The number of aromatic nitrogens is 2. The largest absolute Gasteiger partial charge is 0.492 e. The van der Waals surface area contributed by atoms with Crippen LogP contribution in [-0.2, 0) is 6.54 Å². The molecule has 0 fully saturated rings. The van der Waals surface area contributed by atoms with Crippen LogP contribution in [0, 0.1) is 0 Å². The zero-order chi connectivity index (χ0) is 14.8. The molecule has 5 heteroatoms. The molecule has 0 saturated heterocycles. The average Bonchev–Trinajstić information content (AvgIpc) is 2.96. The smallest absolute Gasteiger partial charge is 0.163 e. The third-order valence-electron chi connectivity index (χ3n) is 3.63. The van der Waals surface area contributed by atoms with Gasteiger partial charge in [-0.05, 0) is 12.1 Å². The zero-order valence-electron chi connectivity index (χ0n) is 12.1. The van der Waals surface area contributed by atoms with Crippen LogP contribution in [0.1, 0.15) is 0 Å². The Hall–Kier alpha value is -2.69. The van der Waals surface area contributed by atoms with Crippen LogP contribution in [0.25, 0.3) is 11.0 Å². The van der Waals surface area contributed by atoms with E-state index in [0.29, 0.717) is 19.8 Å². The second-order valence-electron chi connectivity index (χ2n) is 5.08. The number of imidazole rings is 1. The Kier molecular flexibility index (Phi) is 3.31. The molecule has 4 rings (SSSR count). The SMILES string of the molecule is c1ccc(OCCn2cnc3cc4c(cc32)OCCO4)cc1. The summed E-state index contributed by atoms with van der Waals surface area (Å²) in [5.74, 6) is 2.43. The van der Waals surface area contributed by atoms with Crippen molar-refractivity contribution in [2.75, 3.05) is 19.8 Å². The van der Waals surface area contributed by atoms with Gasteiger partial charge in [0.25, 0.3) is 0 Å². The summed E-state index contributed by atoms with van der Waals surface area (Å²) in [6.45, 7) is 2.49. The van der Waals surface area contributed by atoms with Gasteiger partial charge in [0.05, 0.1) is 23.9 Å². The van der Waals surface area contributed by atoms with Gasteiger partial charge in [0.2, 0.25) is 0 Å². The van der Waals surface area contributed by atoms with Gasteiger partial charge in [-0.2, -0.15) is 0 Å². The first-order valence-corrected chi connectivity index (χ1v) is 7.32. The van der Waals surface area contributed by atoms with Crippen LogP contribution in [0.4, 0.5) is 0 Å². The summed E-state index contributed by atoms with van der Waals surface area (Å²) in [4.78, 5) is 4.42. The molecule has 0 atom stereocenters. The molecule has 3 aromatic rings. The molecule has 0 amide bonds. The molecule has 0 radical (unpaired) electrons. The van der Waals surface area contributed by atoms with Crippen molar-refractivity contribution in [2.24, 2.45) is 0 Å². The van der Waals surface area contributed by atoms with Gasteiger partial charge in [0.1, 0.15) is 25.6 Å². The molecular formula is C17H16N2O3. The highest BCUT2D eigenvalue weighted by atomic mass is 16.6. The number of fused-ring (bicyclic) bond motifs is 2. The molecule has 0 spiro atoms. The first-order valence-electron chi connectivity index (χ1n) is 7.32. The van der Waals surface area contributed by atoms with Gasteiger partial charge in [0.15, 0.2) is 11.5 Å². The molecule has 22 heavy (non-hydrogen) atoms. The molecule has 0 N–H and O–H groups in total. The second kappa shape index (κ2) is 5.60. The van der Waals surface area contributed by atoms with E-state index >= 15 is 0 Å². The summed E-state index contributed by atoms with van der Waals surface area (Å²) in [7, 11) is 0. The van der Waals surface area contributed by atoms with E-state index in [9.17, 15) is 0 Å². The highest BCUT2D eigenvalue weighted by Crippen LogP contribution is 2.34. The van der Waals surface area contributed by atoms with Crippen LogP contribution < -0.4 is 14.2 Å². The zero-order valence-corrected chi connectivity index (χ0v) is 12.1. The van der Waals surface area contributed by atoms with E-state index < -0.39 is 0 Å². The van der Waals surface area contributed by atoms with Crippen LogP contribution in [-0.4, -0.2) is 29.4 Å². The van der Waals surface area contributed by atoms with Crippen molar-refractivity contribution in [3.63, 3.8) is 0 Å². The minimum Gasteiger partial charge on any atom is -0.492 e. The van der Waals surface area contributed by atoms with Gasteiger partial charge in [-0.3, -0.25) is 0 Å². The predicted molar refractivity (Wildman–Crippen MR) is 82.7 cm³/mol. The lowest BCUT2D eigenvalue weighted by Gasteiger charge is -2.18. The maximum absolute atomic E-state index is 5.74. The molecule has 5 nitrogen and oxygen atoms in total. The fourth-order valence-electron chi connectivity index (χ4n) is 2.55. The molecule has 0 saturated carbocycles. The second-order valence-corrected chi connectivity index (χ2v) is 5.08. The molecule has 1 aliphatic heterocycles. The van der Waals surface area contributed by atoms with E-state index in [1.807, 2.05) is 48.8 Å². The fraction of sp³-hybridized carbons (Fsp3) is 0.235. The molecule has 0 unspecified atom stereocenters. The Morgan fingerprint density at radius 1 is 1.05 bits per heavy atom. The number of rotatable bonds is 4. The quantitative estimate of drug-likeness (QED) is 0.742. The number of para-hydroxylation sites is 1. The van der Waals surface area contributed by atoms with E-state index in [1.54, 1.807) is 0 Å². The highest BCUT2D eigenvalue weighted by Gasteiger charge is 2.15. The van der Waals surface area contributed by atoms with Crippen molar-refractivity contribution in [3.8, 4) is 17.2 Å². The van der Waals surface area contributed by atoms with Crippen LogP contribution in [0.15, 0.2) is 48.8 Å². The van der Waals surface area contributed by atoms with E-state index in [0.717, 1.165) is 34.8 Å². The van der Waals surface area contributed by atoms with E-state index in [-0.39, 0.29) is 0 Å². The molecule has 2 aromatic carbocycles. The molecule has 112 valence electrons. The topological polar surface area (TPSA) is 45.5 Å². The first kappa shape index (κ1) is 13.0. The van der Waals surface area contributed by atoms with E-state index in [4.69, 9.17) is 14.2 Å². The lowest BCUT2D eigenvalue weighted by molar-refractivity contribution is 0.172. The van der Waals surface area contributed by atoms with Crippen molar-refractivity contribution in [1.29, 1.82) is 0 Å². The third-order valence-corrected chi connectivity index (χ3v) is 3.63. The summed E-state index contributed by atoms with van der Waals surface area (Å²) in [6, 6.07) is 13.7. The van der Waals surface area contributed by atoms with Gasteiger partial charge in [0, 0.05) is 12.1 Å². The van der Waals surface area contributed by atoms with Crippen LogP contribution >= 0.6 is 0 Å². The third kappa shape index (κ3) is 2.45. The summed E-state index contributed by atoms with van der Waals surface area (Å²) in [5, 5.41) is 0. The van der Waals surface area contributed by atoms with Gasteiger partial charge in [-0.25, -0.2) is 4.98 Å². The Morgan fingerprint density at radius 3 is 2.64 bits per heavy atom. The van der Waals surface area contributed by atoms with Gasteiger partial charge in [-0.1, -0.05) is 18.2 Å². The summed E-state index contributed by atoms with van der Waals surface area (Å²) >= 11 is 0. The van der Waals surface area contributed by atoms with Gasteiger partial charge < -0.3 is 18.8 Å². The molecule has 0 bridgehead atoms. The molecule has 1 aromatic heterocycles. The van der Waals surface area contributed by atoms with Crippen molar-refractivity contribution in [1.82, 2.24) is 9.55 Å². The van der Waals surface area contributed by atoms with E-state index in [2.05, 4.69) is 9.55 Å². The normalized spacial score (nSPS) is 13.3. The minimum atomic E-state index is 0.587. The number of benzene rings is 2. The standard InChI is InChI=1S/C17H16N2O3/c1-2-4-13(5-3-1)20-7-6-19-12-18-14-10-16-17(11-15(14)19)22-9-8-21-16/h1-5,10-12H,6-9H2. The van der Waals surface area contributed by atoms with Gasteiger partial charge >= 0.3 is 0 Å². The number of ether oxygens (including phenoxy) is 3. The summed E-state index contributed by atoms with van der Waals surface area (Å²) in [6.07, 6.45) is 1.82. The van der Waals surface area contributed by atoms with Crippen LogP contribution in [0.5, 0.6) is 17.2 Å². The lowest BCUT2D eigenvalue weighted by Crippen LogP contribution is -2.15. The minimum absolute atomic E-state index is 0.587. The fourth-order valence-corrected chi connectivity index (χ4v) is 2.55. The Bertz CT molecular complexity index is 783. The van der Waals surface area contributed by atoms with Gasteiger partial charge in [-0.15, -0.1) is 0 Å². The molecular weight excluding hydrogens is 280 g/mol. The highest BCUT2D eigenvalue weighted by molar-refractivity contribution is 5.80. The van der Waals surface area contributed by atoms with Crippen LogP contribution in [0.2, 0.25) is 0 Å². The van der Waals surface area contributed by atoms with Crippen molar-refractivity contribution < 1.29 is 14.2 Å². The predicted octanol–water partition coefficient (Wildman–Crippen LogP) is 2.89. The summed E-state index contributed by atoms with van der Waals surface area (Å²) < 4.78 is 19.0. The Balaban J connectivity index is 1.52. The Labute approximate surface area is 128 Å². The first-order chi connectivity index (χ1) is 10.9. The van der Waals surface area contributed by atoms with Crippen LogP contribution in [0.3, 0.4) is 0 Å². The van der Waals surface area contributed by atoms with Crippen molar-refractivity contribution >= 4 is 11.0 Å². The molecule has 2 heterocycles. The molecule has 1 aliphatic rings. The van der Waals surface area contributed by atoms with E-state index in [1.165, 1.54) is 0 Å². The Morgan fingerprint density at radius 2 is 1.82 bits per heavy atom.